The van der Waals surface area contributed by atoms with Crippen molar-refractivity contribution in [2.24, 2.45) is 0 Å². The van der Waals surface area contributed by atoms with Crippen LogP contribution < -0.4 is 4.74 Å². The number of fused-ring (bicyclic) bond motifs is 1. The SMILES string of the molecule is O=[N+]([O-])c1cn2c(n1)OCCN(Cc1ccnc(-c3cccc(F)c3)c1)CC2. The van der Waals surface area contributed by atoms with Gasteiger partial charge in [-0.25, -0.2) is 4.39 Å². The van der Waals surface area contributed by atoms with Crippen molar-refractivity contribution in [3.05, 3.63) is 70.3 Å². The van der Waals surface area contributed by atoms with Gasteiger partial charge in [0.2, 0.25) is 0 Å². The first-order valence-corrected chi connectivity index (χ1v) is 8.86. The Morgan fingerprint density at radius 3 is 2.93 bits per heavy atom. The summed E-state index contributed by atoms with van der Waals surface area (Å²) < 4.78 is 20.7. The second-order valence-corrected chi connectivity index (χ2v) is 6.52. The number of rotatable bonds is 4. The molecule has 1 aliphatic rings. The Labute approximate surface area is 160 Å². The number of hydrogen-bond acceptors (Lipinski definition) is 6. The molecule has 0 fully saturated rings. The molecule has 3 aromatic rings. The van der Waals surface area contributed by atoms with E-state index in [1.807, 2.05) is 18.2 Å². The number of halogens is 1. The molecule has 4 rings (SSSR count). The van der Waals surface area contributed by atoms with Gasteiger partial charge in [0, 0.05) is 42.9 Å². The minimum atomic E-state index is -0.524. The van der Waals surface area contributed by atoms with Gasteiger partial charge in [0.15, 0.2) is 0 Å². The van der Waals surface area contributed by atoms with Crippen molar-refractivity contribution >= 4 is 5.82 Å². The van der Waals surface area contributed by atoms with Gasteiger partial charge in [-0.1, -0.05) is 12.1 Å². The van der Waals surface area contributed by atoms with Crippen LogP contribution in [0.4, 0.5) is 10.2 Å². The van der Waals surface area contributed by atoms with E-state index in [9.17, 15) is 14.5 Å². The van der Waals surface area contributed by atoms with Crippen molar-refractivity contribution in [2.45, 2.75) is 13.1 Å². The van der Waals surface area contributed by atoms with Crippen molar-refractivity contribution in [1.29, 1.82) is 0 Å². The first-order chi connectivity index (χ1) is 13.6. The average Bonchev–Trinajstić information content (AvgIpc) is 3.07. The smallest absolute Gasteiger partial charge is 0.414 e. The summed E-state index contributed by atoms with van der Waals surface area (Å²) in [6.45, 7) is 2.95. The van der Waals surface area contributed by atoms with Crippen molar-refractivity contribution in [3.8, 4) is 17.3 Å². The summed E-state index contributed by atoms with van der Waals surface area (Å²) in [6.07, 6.45) is 3.11. The lowest BCUT2D eigenvalue weighted by Crippen LogP contribution is -2.33. The zero-order valence-electron chi connectivity index (χ0n) is 15.0. The normalized spacial score (nSPS) is 14.6. The Hall–Kier alpha value is -3.33. The molecule has 1 aliphatic heterocycles. The number of hydrogen-bond donors (Lipinski definition) is 0. The molecule has 0 atom stereocenters. The Morgan fingerprint density at radius 1 is 1.21 bits per heavy atom. The van der Waals surface area contributed by atoms with Crippen LogP contribution in [0.5, 0.6) is 6.01 Å². The Morgan fingerprint density at radius 2 is 2.11 bits per heavy atom. The summed E-state index contributed by atoms with van der Waals surface area (Å²) in [5.41, 5.74) is 2.49. The number of nitro groups is 1. The van der Waals surface area contributed by atoms with E-state index in [4.69, 9.17) is 4.74 Å². The summed E-state index contributed by atoms with van der Waals surface area (Å²) >= 11 is 0. The molecule has 0 N–H and O–H groups in total. The van der Waals surface area contributed by atoms with Gasteiger partial charge in [0.05, 0.1) is 5.69 Å². The molecule has 0 aliphatic carbocycles. The maximum atomic E-state index is 13.5. The molecule has 3 heterocycles. The largest absolute Gasteiger partial charge is 0.444 e. The number of imidazole rings is 1. The molecule has 9 heteroatoms. The second kappa shape index (κ2) is 7.73. The summed E-state index contributed by atoms with van der Waals surface area (Å²) in [6, 6.07) is 10.5. The van der Waals surface area contributed by atoms with Gasteiger partial charge in [-0.3, -0.25) is 14.5 Å². The molecule has 0 saturated heterocycles. The van der Waals surface area contributed by atoms with Crippen LogP contribution in [-0.2, 0) is 13.1 Å². The molecule has 0 radical (unpaired) electrons. The highest BCUT2D eigenvalue weighted by molar-refractivity contribution is 5.59. The van der Waals surface area contributed by atoms with E-state index < -0.39 is 4.92 Å². The first kappa shape index (κ1) is 18.1. The van der Waals surface area contributed by atoms with Gasteiger partial charge in [-0.15, -0.1) is 0 Å². The zero-order valence-corrected chi connectivity index (χ0v) is 15.0. The molecule has 144 valence electrons. The first-order valence-electron chi connectivity index (χ1n) is 8.86. The highest BCUT2D eigenvalue weighted by atomic mass is 19.1. The van der Waals surface area contributed by atoms with E-state index in [1.54, 1.807) is 16.8 Å². The van der Waals surface area contributed by atoms with Crippen LogP contribution in [0.3, 0.4) is 0 Å². The van der Waals surface area contributed by atoms with E-state index in [0.717, 1.165) is 11.1 Å². The molecule has 0 unspecified atom stereocenters. The van der Waals surface area contributed by atoms with Crippen molar-refractivity contribution in [2.75, 3.05) is 19.7 Å². The second-order valence-electron chi connectivity index (χ2n) is 6.52. The molecule has 0 amide bonds. The van der Waals surface area contributed by atoms with E-state index in [2.05, 4.69) is 14.9 Å². The third-order valence-corrected chi connectivity index (χ3v) is 4.56. The quantitative estimate of drug-likeness (QED) is 0.509. The van der Waals surface area contributed by atoms with E-state index in [0.29, 0.717) is 38.5 Å². The minimum absolute atomic E-state index is 0.211. The zero-order chi connectivity index (χ0) is 19.5. The van der Waals surface area contributed by atoms with Gasteiger partial charge in [0.1, 0.15) is 18.6 Å². The van der Waals surface area contributed by atoms with Gasteiger partial charge >= 0.3 is 11.8 Å². The van der Waals surface area contributed by atoms with Crippen LogP contribution in [0.2, 0.25) is 0 Å². The number of aromatic nitrogens is 3. The summed E-state index contributed by atoms with van der Waals surface area (Å²) in [7, 11) is 0. The van der Waals surface area contributed by atoms with Crippen molar-refractivity contribution < 1.29 is 14.1 Å². The lowest BCUT2D eigenvalue weighted by Gasteiger charge is -2.24. The predicted molar refractivity (Wildman–Crippen MR) is 99.3 cm³/mol. The van der Waals surface area contributed by atoms with Crippen LogP contribution in [0, 0.1) is 15.9 Å². The molecule has 0 spiro atoms. The van der Waals surface area contributed by atoms with E-state index in [-0.39, 0.29) is 17.6 Å². The molecule has 0 saturated carbocycles. The fourth-order valence-electron chi connectivity index (χ4n) is 3.17. The third-order valence-electron chi connectivity index (χ3n) is 4.56. The molecule has 8 nitrogen and oxygen atoms in total. The monoisotopic (exact) mass is 383 g/mol. The fourth-order valence-corrected chi connectivity index (χ4v) is 3.17. The lowest BCUT2D eigenvalue weighted by molar-refractivity contribution is -0.389. The summed E-state index contributed by atoms with van der Waals surface area (Å²) in [5.74, 6) is -0.506. The highest BCUT2D eigenvalue weighted by Crippen LogP contribution is 2.21. The molecule has 28 heavy (non-hydrogen) atoms. The van der Waals surface area contributed by atoms with Crippen LogP contribution in [0.1, 0.15) is 5.56 Å². The predicted octanol–water partition coefficient (Wildman–Crippen LogP) is 2.89. The highest BCUT2D eigenvalue weighted by Gasteiger charge is 2.22. The Balaban J connectivity index is 1.47. The molecule has 1 aromatic carbocycles. The minimum Gasteiger partial charge on any atom is -0.444 e. The molecule has 0 bridgehead atoms. The third kappa shape index (κ3) is 3.99. The Bertz CT molecular complexity index is 1010. The molecular weight excluding hydrogens is 365 g/mol. The average molecular weight is 383 g/mol. The van der Waals surface area contributed by atoms with Gasteiger partial charge in [-0.2, -0.15) is 0 Å². The number of benzene rings is 1. The van der Waals surface area contributed by atoms with E-state index in [1.165, 1.54) is 18.3 Å². The molecular formula is C19H18FN5O3. The Kier molecular flexibility index (Phi) is 4.98. The maximum absolute atomic E-state index is 13.5. The van der Waals surface area contributed by atoms with Crippen LogP contribution in [0.15, 0.2) is 48.8 Å². The molecule has 2 aromatic heterocycles. The number of ether oxygens (including phenoxy) is 1. The van der Waals surface area contributed by atoms with Gasteiger partial charge in [0.25, 0.3) is 0 Å². The topological polar surface area (TPSA) is 86.3 Å². The fraction of sp³-hybridized carbons (Fsp3) is 0.263. The van der Waals surface area contributed by atoms with Crippen LogP contribution in [0.25, 0.3) is 11.3 Å². The maximum Gasteiger partial charge on any atom is 0.414 e. The summed E-state index contributed by atoms with van der Waals surface area (Å²) in [5, 5.41) is 10.9. The van der Waals surface area contributed by atoms with Crippen molar-refractivity contribution in [1.82, 2.24) is 19.4 Å². The van der Waals surface area contributed by atoms with Crippen LogP contribution in [-0.4, -0.2) is 44.1 Å². The van der Waals surface area contributed by atoms with Crippen molar-refractivity contribution in [3.63, 3.8) is 0 Å². The summed E-state index contributed by atoms with van der Waals surface area (Å²) in [4.78, 5) is 20.8. The lowest BCUT2D eigenvalue weighted by atomic mass is 10.1. The standard InChI is InChI=1S/C19H18FN5O3/c20-16-3-1-2-15(11-16)17-10-14(4-5-21-17)12-23-6-7-24-13-18(25(26)27)22-19(24)28-9-8-23/h1-5,10-11,13H,6-9,12H2. The van der Waals surface area contributed by atoms with Gasteiger partial charge in [-0.05, 0) is 34.8 Å². The van der Waals surface area contributed by atoms with E-state index >= 15 is 0 Å². The number of nitrogens with zero attached hydrogens (tertiary/aromatic N) is 5. The number of pyridine rings is 1. The van der Waals surface area contributed by atoms with Crippen LogP contribution >= 0.6 is 0 Å². The van der Waals surface area contributed by atoms with Gasteiger partial charge < -0.3 is 14.9 Å².